The quantitative estimate of drug-likeness (QED) is 0.836. The highest BCUT2D eigenvalue weighted by molar-refractivity contribution is 5.94. The normalized spacial score (nSPS) is 25.2. The van der Waals surface area contributed by atoms with Gasteiger partial charge in [-0.3, -0.25) is 14.6 Å². The average molecular weight is 365 g/mol. The molecule has 0 aliphatic carbocycles. The van der Waals surface area contributed by atoms with E-state index in [0.29, 0.717) is 31.6 Å². The third-order valence-corrected chi connectivity index (χ3v) is 5.50. The van der Waals surface area contributed by atoms with Gasteiger partial charge in [0.05, 0.1) is 18.2 Å². The van der Waals surface area contributed by atoms with Crippen LogP contribution in [0.3, 0.4) is 0 Å². The van der Waals surface area contributed by atoms with E-state index in [4.69, 9.17) is 4.74 Å². The molecule has 0 spiro atoms. The van der Waals surface area contributed by atoms with Gasteiger partial charge in [-0.25, -0.2) is 0 Å². The van der Waals surface area contributed by atoms with Crippen LogP contribution in [0.25, 0.3) is 0 Å². The van der Waals surface area contributed by atoms with Gasteiger partial charge in [0.15, 0.2) is 0 Å². The zero-order valence-corrected chi connectivity index (χ0v) is 15.4. The third kappa shape index (κ3) is 3.45. The second-order valence-electron chi connectivity index (χ2n) is 7.38. The number of carbonyl (C=O) groups excluding carboxylic acids is 2. The predicted octanol–water partition coefficient (Wildman–Crippen LogP) is 2.11. The van der Waals surface area contributed by atoms with Crippen LogP contribution in [-0.2, 0) is 16.1 Å². The number of benzene rings is 1. The highest BCUT2D eigenvalue weighted by atomic mass is 16.5. The summed E-state index contributed by atoms with van der Waals surface area (Å²) in [5.74, 6) is -0.0359. The number of amides is 2. The lowest BCUT2D eigenvalue weighted by molar-refractivity contribution is -0.186. The summed E-state index contributed by atoms with van der Waals surface area (Å²) in [5.41, 5.74) is 1.11. The first-order chi connectivity index (χ1) is 13.1. The number of carbonyl (C=O) groups is 2. The minimum Gasteiger partial charge on any atom is -0.361 e. The number of nitrogens with zero attached hydrogens (tertiary/aromatic N) is 3. The van der Waals surface area contributed by atoms with Crippen molar-refractivity contribution in [1.82, 2.24) is 14.8 Å². The van der Waals surface area contributed by atoms with Crippen molar-refractivity contribution in [2.24, 2.45) is 0 Å². The van der Waals surface area contributed by atoms with Gasteiger partial charge in [0.1, 0.15) is 12.2 Å². The van der Waals surface area contributed by atoms with E-state index in [9.17, 15) is 9.59 Å². The molecule has 2 aliphatic heterocycles. The van der Waals surface area contributed by atoms with Crippen LogP contribution in [0.4, 0.5) is 0 Å². The van der Waals surface area contributed by atoms with Crippen molar-refractivity contribution in [3.8, 4) is 0 Å². The molecule has 1 aromatic carbocycles. The molecule has 0 saturated carbocycles. The second-order valence-corrected chi connectivity index (χ2v) is 7.38. The van der Waals surface area contributed by atoms with Crippen molar-refractivity contribution in [2.75, 3.05) is 19.7 Å². The van der Waals surface area contributed by atoms with E-state index in [1.165, 1.54) is 0 Å². The van der Waals surface area contributed by atoms with Crippen LogP contribution in [0.5, 0.6) is 0 Å². The van der Waals surface area contributed by atoms with Crippen molar-refractivity contribution in [3.63, 3.8) is 0 Å². The van der Waals surface area contributed by atoms with Crippen LogP contribution in [0.2, 0.25) is 0 Å². The van der Waals surface area contributed by atoms with E-state index in [1.807, 2.05) is 47.1 Å². The molecule has 6 nitrogen and oxygen atoms in total. The summed E-state index contributed by atoms with van der Waals surface area (Å²) in [7, 11) is 0. The number of rotatable bonds is 3. The van der Waals surface area contributed by atoms with Gasteiger partial charge in [0, 0.05) is 25.5 Å². The zero-order valence-electron chi connectivity index (χ0n) is 15.4. The Kier molecular flexibility index (Phi) is 4.66. The fourth-order valence-electron chi connectivity index (χ4n) is 4.08. The maximum Gasteiger partial charge on any atom is 0.255 e. The zero-order chi connectivity index (χ0) is 18.9. The molecule has 2 aromatic rings. The van der Waals surface area contributed by atoms with Crippen LogP contribution in [0.1, 0.15) is 29.3 Å². The van der Waals surface area contributed by atoms with Gasteiger partial charge in [-0.2, -0.15) is 0 Å². The monoisotopic (exact) mass is 365 g/mol. The molecular weight excluding hydrogens is 342 g/mol. The highest BCUT2D eigenvalue weighted by Gasteiger charge is 2.49. The molecule has 0 bridgehead atoms. The molecule has 0 N–H and O–H groups in total. The van der Waals surface area contributed by atoms with E-state index in [1.54, 1.807) is 24.5 Å². The molecule has 1 aromatic heterocycles. The predicted molar refractivity (Wildman–Crippen MR) is 99.9 cm³/mol. The highest BCUT2D eigenvalue weighted by Crippen LogP contribution is 2.34. The lowest BCUT2D eigenvalue weighted by Gasteiger charge is -2.52. The summed E-state index contributed by atoms with van der Waals surface area (Å²) < 4.78 is 5.97. The first-order valence-electron chi connectivity index (χ1n) is 9.23. The molecule has 2 saturated heterocycles. The fourth-order valence-corrected chi connectivity index (χ4v) is 4.08. The topological polar surface area (TPSA) is 62.7 Å². The van der Waals surface area contributed by atoms with Gasteiger partial charge < -0.3 is 14.5 Å². The molecule has 140 valence electrons. The van der Waals surface area contributed by atoms with Crippen molar-refractivity contribution in [1.29, 1.82) is 0 Å². The van der Waals surface area contributed by atoms with E-state index >= 15 is 0 Å². The molecule has 2 aliphatic rings. The van der Waals surface area contributed by atoms with Gasteiger partial charge in [0.25, 0.3) is 5.91 Å². The minimum atomic E-state index is -0.571. The average Bonchev–Trinajstić information content (AvgIpc) is 2.71. The smallest absolute Gasteiger partial charge is 0.255 e. The van der Waals surface area contributed by atoms with E-state index < -0.39 is 5.60 Å². The van der Waals surface area contributed by atoms with Crippen molar-refractivity contribution in [3.05, 3.63) is 66.0 Å². The summed E-state index contributed by atoms with van der Waals surface area (Å²) in [6.07, 6.45) is 3.94. The fraction of sp³-hybridized carbons (Fsp3) is 0.381. The summed E-state index contributed by atoms with van der Waals surface area (Å²) in [5, 5.41) is 0. The van der Waals surface area contributed by atoms with Crippen molar-refractivity contribution >= 4 is 11.8 Å². The number of hydrogen-bond donors (Lipinski definition) is 0. The van der Waals surface area contributed by atoms with Crippen molar-refractivity contribution in [2.45, 2.75) is 31.5 Å². The lowest BCUT2D eigenvalue weighted by Crippen LogP contribution is -2.67. The van der Waals surface area contributed by atoms with Gasteiger partial charge in [-0.05, 0) is 31.0 Å². The maximum absolute atomic E-state index is 12.8. The number of hydrogen-bond acceptors (Lipinski definition) is 4. The first kappa shape index (κ1) is 17.7. The first-order valence-corrected chi connectivity index (χ1v) is 9.23. The molecule has 0 unspecified atom stereocenters. The van der Waals surface area contributed by atoms with Crippen LogP contribution >= 0.6 is 0 Å². The van der Waals surface area contributed by atoms with Crippen LogP contribution in [0.15, 0.2) is 54.9 Å². The Morgan fingerprint density at radius 2 is 2.07 bits per heavy atom. The van der Waals surface area contributed by atoms with Gasteiger partial charge in [0.2, 0.25) is 5.91 Å². The van der Waals surface area contributed by atoms with E-state index in [2.05, 4.69) is 4.98 Å². The van der Waals surface area contributed by atoms with Crippen LogP contribution < -0.4 is 0 Å². The Balaban J connectivity index is 1.53. The summed E-state index contributed by atoms with van der Waals surface area (Å²) in [6, 6.07) is 13.5. The van der Waals surface area contributed by atoms with Gasteiger partial charge >= 0.3 is 0 Å². The molecule has 0 radical (unpaired) electrons. The standard InChI is InChI=1S/C21H23N3O3/c1-21-15-23(20(26)17-8-5-10-22-12-17)11-9-18(21)24(19(25)14-27-21)13-16-6-3-2-4-7-16/h2-8,10,12,18H,9,11,13-15H2,1H3/t18-,21-/m1/s1. The van der Waals surface area contributed by atoms with Crippen LogP contribution in [0, 0.1) is 0 Å². The summed E-state index contributed by atoms with van der Waals surface area (Å²) >= 11 is 0. The molecule has 4 rings (SSSR count). The Bertz CT molecular complexity index is 827. The summed E-state index contributed by atoms with van der Waals surface area (Å²) in [4.78, 5) is 33.1. The third-order valence-electron chi connectivity index (χ3n) is 5.50. The second kappa shape index (κ2) is 7.12. The van der Waals surface area contributed by atoms with Crippen molar-refractivity contribution < 1.29 is 14.3 Å². The number of likely N-dealkylation sites (tertiary alicyclic amines) is 1. The maximum atomic E-state index is 12.8. The molecule has 2 amide bonds. The van der Waals surface area contributed by atoms with E-state index in [-0.39, 0.29) is 24.5 Å². The number of pyridine rings is 1. The lowest BCUT2D eigenvalue weighted by atomic mass is 9.85. The molecule has 27 heavy (non-hydrogen) atoms. The number of aromatic nitrogens is 1. The Labute approximate surface area is 158 Å². The molecule has 6 heteroatoms. The Morgan fingerprint density at radius 1 is 1.26 bits per heavy atom. The molecular formula is C21H23N3O3. The van der Waals surface area contributed by atoms with E-state index in [0.717, 1.165) is 5.56 Å². The number of morpholine rings is 1. The Hall–Kier alpha value is -2.73. The minimum absolute atomic E-state index is 0.00774. The summed E-state index contributed by atoms with van der Waals surface area (Å²) in [6.45, 7) is 3.68. The molecule has 2 atom stereocenters. The SMILES string of the molecule is C[C@@]12CN(C(=O)c3cccnc3)CC[C@H]1N(Cc1ccccc1)C(=O)CO2. The largest absolute Gasteiger partial charge is 0.361 e. The Morgan fingerprint density at radius 3 is 2.81 bits per heavy atom. The van der Waals surface area contributed by atoms with Crippen LogP contribution in [-0.4, -0.2) is 57.9 Å². The molecule has 2 fully saturated rings. The number of ether oxygens (including phenoxy) is 1. The van der Waals surface area contributed by atoms with Gasteiger partial charge in [-0.15, -0.1) is 0 Å². The van der Waals surface area contributed by atoms with Gasteiger partial charge in [-0.1, -0.05) is 30.3 Å². The molecule has 3 heterocycles. The number of piperidine rings is 1. The number of fused-ring (bicyclic) bond motifs is 1.